The second kappa shape index (κ2) is 10.2. The highest BCUT2D eigenvalue weighted by Gasteiger charge is 2.22. The lowest BCUT2D eigenvalue weighted by Gasteiger charge is -2.21. The summed E-state index contributed by atoms with van der Waals surface area (Å²) in [5.41, 5.74) is 1.63. The summed E-state index contributed by atoms with van der Waals surface area (Å²) in [6.07, 6.45) is 4.87. The van der Waals surface area contributed by atoms with Gasteiger partial charge in [0.15, 0.2) is 5.96 Å². The van der Waals surface area contributed by atoms with E-state index in [0.29, 0.717) is 18.5 Å². The number of benzene rings is 1. The molecule has 1 atom stereocenters. The molecule has 1 unspecified atom stereocenters. The Morgan fingerprint density at radius 2 is 2.11 bits per heavy atom. The van der Waals surface area contributed by atoms with Gasteiger partial charge in [0.1, 0.15) is 12.1 Å². The third kappa shape index (κ3) is 5.55. The SMILES string of the molecule is CCNC(=NCC1CCCN1CC)NCCc1coc(-c2ccc(F)cc2)n1. The zero-order valence-corrected chi connectivity index (χ0v) is 16.7. The van der Waals surface area contributed by atoms with Gasteiger partial charge in [-0.1, -0.05) is 6.92 Å². The number of nitrogens with one attached hydrogen (secondary N) is 2. The molecule has 2 aromatic rings. The van der Waals surface area contributed by atoms with Gasteiger partial charge >= 0.3 is 0 Å². The number of aliphatic imine (C=N–C) groups is 1. The maximum absolute atomic E-state index is 13.0. The second-order valence-electron chi connectivity index (χ2n) is 6.97. The Balaban J connectivity index is 1.50. The molecule has 0 aliphatic carbocycles. The van der Waals surface area contributed by atoms with E-state index in [0.717, 1.165) is 43.3 Å². The lowest BCUT2D eigenvalue weighted by atomic mass is 10.2. The van der Waals surface area contributed by atoms with Crippen molar-refractivity contribution >= 4 is 5.96 Å². The minimum absolute atomic E-state index is 0.269. The van der Waals surface area contributed by atoms with E-state index in [1.165, 1.54) is 31.5 Å². The van der Waals surface area contributed by atoms with Crippen LogP contribution in [0.1, 0.15) is 32.4 Å². The van der Waals surface area contributed by atoms with Crippen LogP contribution >= 0.6 is 0 Å². The van der Waals surface area contributed by atoms with Crippen LogP contribution in [0.3, 0.4) is 0 Å². The first kappa shape index (κ1) is 20.3. The number of guanidine groups is 1. The molecule has 152 valence electrons. The summed E-state index contributed by atoms with van der Waals surface area (Å²) in [6, 6.07) is 6.70. The number of hydrogen-bond donors (Lipinski definition) is 2. The monoisotopic (exact) mass is 387 g/mol. The number of rotatable bonds is 8. The second-order valence-corrected chi connectivity index (χ2v) is 6.97. The largest absolute Gasteiger partial charge is 0.444 e. The van der Waals surface area contributed by atoms with Crippen LogP contribution < -0.4 is 10.6 Å². The molecule has 0 bridgehead atoms. The summed E-state index contributed by atoms with van der Waals surface area (Å²) in [6.45, 7) is 8.91. The molecule has 7 heteroatoms. The van der Waals surface area contributed by atoms with Gasteiger partial charge in [-0.2, -0.15) is 0 Å². The van der Waals surface area contributed by atoms with Gasteiger partial charge < -0.3 is 15.1 Å². The fourth-order valence-corrected chi connectivity index (χ4v) is 3.51. The zero-order chi connectivity index (χ0) is 19.8. The predicted octanol–water partition coefficient (Wildman–Crippen LogP) is 3.06. The minimum Gasteiger partial charge on any atom is -0.444 e. The topological polar surface area (TPSA) is 65.7 Å². The Morgan fingerprint density at radius 1 is 1.29 bits per heavy atom. The summed E-state index contributed by atoms with van der Waals surface area (Å²) >= 11 is 0. The van der Waals surface area contributed by atoms with Crippen molar-refractivity contribution in [2.24, 2.45) is 4.99 Å². The summed E-state index contributed by atoms with van der Waals surface area (Å²) in [5.74, 6) is 1.08. The van der Waals surface area contributed by atoms with Crippen molar-refractivity contribution in [2.75, 3.05) is 32.7 Å². The third-order valence-electron chi connectivity index (χ3n) is 5.03. The number of halogens is 1. The van der Waals surface area contributed by atoms with Crippen molar-refractivity contribution in [3.05, 3.63) is 42.0 Å². The molecule has 28 heavy (non-hydrogen) atoms. The number of hydrogen-bond acceptors (Lipinski definition) is 4. The average molecular weight is 388 g/mol. The molecule has 2 N–H and O–H groups in total. The molecule has 1 fully saturated rings. The van der Waals surface area contributed by atoms with Crippen molar-refractivity contribution in [3.8, 4) is 11.5 Å². The molecule has 1 aromatic heterocycles. The van der Waals surface area contributed by atoms with Crippen LogP contribution in [-0.4, -0.2) is 54.6 Å². The fraction of sp³-hybridized carbons (Fsp3) is 0.524. The highest BCUT2D eigenvalue weighted by atomic mass is 19.1. The number of likely N-dealkylation sites (N-methyl/N-ethyl adjacent to an activating group) is 1. The first-order chi connectivity index (χ1) is 13.7. The molecule has 0 radical (unpaired) electrons. The van der Waals surface area contributed by atoms with Crippen LogP contribution in [0.25, 0.3) is 11.5 Å². The standard InChI is InChI=1S/C21H30FN5O/c1-3-23-21(25-14-19-6-5-13-27(19)4-2)24-12-11-18-15-28-20(26-18)16-7-9-17(22)10-8-16/h7-10,15,19H,3-6,11-14H2,1-2H3,(H2,23,24,25). The van der Waals surface area contributed by atoms with Gasteiger partial charge in [0.2, 0.25) is 5.89 Å². The molecule has 0 amide bonds. The van der Waals surface area contributed by atoms with E-state index < -0.39 is 0 Å². The van der Waals surface area contributed by atoms with Crippen LogP contribution in [0, 0.1) is 5.82 Å². The fourth-order valence-electron chi connectivity index (χ4n) is 3.51. The number of aromatic nitrogens is 1. The van der Waals surface area contributed by atoms with Crippen molar-refractivity contribution in [1.29, 1.82) is 0 Å². The van der Waals surface area contributed by atoms with Crippen molar-refractivity contribution in [2.45, 2.75) is 39.2 Å². The predicted molar refractivity (Wildman–Crippen MR) is 110 cm³/mol. The molecule has 2 heterocycles. The van der Waals surface area contributed by atoms with Crippen LogP contribution in [0.4, 0.5) is 4.39 Å². The quantitative estimate of drug-likeness (QED) is 0.538. The highest BCUT2D eigenvalue weighted by Crippen LogP contribution is 2.19. The maximum atomic E-state index is 13.0. The lowest BCUT2D eigenvalue weighted by Crippen LogP contribution is -2.40. The summed E-state index contributed by atoms with van der Waals surface area (Å²) in [5, 5.41) is 6.67. The molecule has 3 rings (SSSR count). The smallest absolute Gasteiger partial charge is 0.226 e. The Labute approximate surface area is 166 Å². The Hall–Kier alpha value is -2.41. The number of nitrogens with zero attached hydrogens (tertiary/aromatic N) is 3. The Morgan fingerprint density at radius 3 is 2.86 bits per heavy atom. The molecule has 1 saturated heterocycles. The van der Waals surface area contributed by atoms with Crippen molar-refractivity contribution in [1.82, 2.24) is 20.5 Å². The summed E-state index contributed by atoms with van der Waals surface area (Å²) in [7, 11) is 0. The van der Waals surface area contributed by atoms with Crippen LogP contribution in [-0.2, 0) is 6.42 Å². The number of oxazole rings is 1. The molecule has 6 nitrogen and oxygen atoms in total. The lowest BCUT2D eigenvalue weighted by molar-refractivity contribution is 0.273. The van der Waals surface area contributed by atoms with Crippen molar-refractivity contribution < 1.29 is 8.81 Å². The number of likely N-dealkylation sites (tertiary alicyclic amines) is 1. The van der Waals surface area contributed by atoms with E-state index in [-0.39, 0.29) is 5.82 Å². The van der Waals surface area contributed by atoms with E-state index in [2.05, 4.69) is 34.4 Å². The van der Waals surface area contributed by atoms with Crippen LogP contribution in [0.2, 0.25) is 0 Å². The van der Waals surface area contributed by atoms with E-state index in [4.69, 9.17) is 9.41 Å². The minimum atomic E-state index is -0.269. The third-order valence-corrected chi connectivity index (χ3v) is 5.03. The molecule has 1 aliphatic heterocycles. The van der Waals surface area contributed by atoms with Gasteiger partial charge in [-0.15, -0.1) is 0 Å². The van der Waals surface area contributed by atoms with Crippen molar-refractivity contribution in [3.63, 3.8) is 0 Å². The van der Waals surface area contributed by atoms with Gasteiger partial charge in [-0.3, -0.25) is 9.89 Å². The van der Waals surface area contributed by atoms with Gasteiger partial charge in [0.25, 0.3) is 0 Å². The Kier molecular flexibility index (Phi) is 7.42. The van der Waals surface area contributed by atoms with E-state index >= 15 is 0 Å². The van der Waals surface area contributed by atoms with Gasteiger partial charge in [0.05, 0.1) is 12.2 Å². The average Bonchev–Trinajstić information content (AvgIpc) is 3.36. The van der Waals surface area contributed by atoms with Gasteiger partial charge in [0, 0.05) is 31.1 Å². The first-order valence-electron chi connectivity index (χ1n) is 10.2. The Bertz CT molecular complexity index is 758. The summed E-state index contributed by atoms with van der Waals surface area (Å²) < 4.78 is 18.6. The molecule has 0 spiro atoms. The van der Waals surface area contributed by atoms with Gasteiger partial charge in [-0.05, 0) is 57.1 Å². The van der Waals surface area contributed by atoms with E-state index in [1.807, 2.05) is 0 Å². The normalized spacial score (nSPS) is 17.8. The molecule has 1 aromatic carbocycles. The molecule has 0 saturated carbocycles. The molecular formula is C21H30FN5O. The highest BCUT2D eigenvalue weighted by molar-refractivity contribution is 5.79. The molecular weight excluding hydrogens is 357 g/mol. The zero-order valence-electron chi connectivity index (χ0n) is 16.7. The van der Waals surface area contributed by atoms with E-state index in [9.17, 15) is 4.39 Å². The van der Waals surface area contributed by atoms with Gasteiger partial charge in [-0.25, -0.2) is 9.37 Å². The van der Waals surface area contributed by atoms with Crippen LogP contribution in [0.15, 0.2) is 39.9 Å². The maximum Gasteiger partial charge on any atom is 0.226 e. The molecule has 1 aliphatic rings. The van der Waals surface area contributed by atoms with E-state index in [1.54, 1.807) is 18.4 Å². The van der Waals surface area contributed by atoms with Crippen LogP contribution in [0.5, 0.6) is 0 Å². The summed E-state index contributed by atoms with van der Waals surface area (Å²) in [4.78, 5) is 11.7. The first-order valence-corrected chi connectivity index (χ1v) is 10.2.